The van der Waals surface area contributed by atoms with Crippen LogP contribution in [0.4, 0.5) is 0 Å². The van der Waals surface area contributed by atoms with E-state index >= 15 is 0 Å². The SMILES string of the molecule is CC(C)=C=C(Cc1ccccc1)C(=O)OCC#Cc1ccccc1. The second-order valence-corrected chi connectivity index (χ2v) is 5.51. The number of hydrogen-bond acceptors (Lipinski definition) is 2. The summed E-state index contributed by atoms with van der Waals surface area (Å²) in [4.78, 5) is 12.3. The van der Waals surface area contributed by atoms with E-state index in [4.69, 9.17) is 4.74 Å². The van der Waals surface area contributed by atoms with Gasteiger partial charge in [-0.3, -0.25) is 0 Å². The Balaban J connectivity index is 2.02. The van der Waals surface area contributed by atoms with Crippen LogP contribution in [-0.4, -0.2) is 12.6 Å². The molecule has 0 spiro atoms. The molecule has 0 radical (unpaired) electrons. The number of ether oxygens (including phenoxy) is 1. The van der Waals surface area contributed by atoms with Crippen molar-refractivity contribution in [3.05, 3.63) is 88.7 Å². The second-order valence-electron chi connectivity index (χ2n) is 5.51. The van der Waals surface area contributed by atoms with Crippen LogP contribution in [0.25, 0.3) is 0 Å². The number of hydrogen-bond donors (Lipinski definition) is 0. The molecular weight excluding hydrogens is 296 g/mol. The van der Waals surface area contributed by atoms with Gasteiger partial charge in [-0.15, -0.1) is 5.73 Å². The summed E-state index contributed by atoms with van der Waals surface area (Å²) in [7, 11) is 0. The molecule has 2 heteroatoms. The maximum Gasteiger partial charge on any atom is 0.343 e. The molecule has 0 bridgehead atoms. The molecule has 0 aliphatic rings. The zero-order valence-electron chi connectivity index (χ0n) is 14.0. The van der Waals surface area contributed by atoms with E-state index in [9.17, 15) is 4.79 Å². The topological polar surface area (TPSA) is 26.3 Å². The Morgan fingerprint density at radius 3 is 2.21 bits per heavy atom. The van der Waals surface area contributed by atoms with Gasteiger partial charge >= 0.3 is 5.97 Å². The van der Waals surface area contributed by atoms with Crippen LogP contribution in [0.2, 0.25) is 0 Å². The van der Waals surface area contributed by atoms with Crippen LogP contribution in [0.5, 0.6) is 0 Å². The average Bonchev–Trinajstić information content (AvgIpc) is 2.59. The Kier molecular flexibility index (Phi) is 6.65. The number of carbonyl (C=O) groups is 1. The number of rotatable bonds is 4. The fourth-order valence-corrected chi connectivity index (χ4v) is 2.12. The largest absolute Gasteiger partial charge is 0.449 e. The minimum absolute atomic E-state index is 0.0659. The molecule has 2 nitrogen and oxygen atoms in total. The van der Waals surface area contributed by atoms with Crippen molar-refractivity contribution < 1.29 is 9.53 Å². The molecule has 24 heavy (non-hydrogen) atoms. The molecule has 2 aromatic carbocycles. The Bertz CT molecular complexity index is 795. The smallest absolute Gasteiger partial charge is 0.343 e. The second kappa shape index (κ2) is 9.20. The third-order valence-electron chi connectivity index (χ3n) is 3.15. The first-order valence-corrected chi connectivity index (χ1v) is 7.83. The summed E-state index contributed by atoms with van der Waals surface area (Å²) in [5, 5.41) is 0. The molecule has 0 N–H and O–H groups in total. The summed E-state index contributed by atoms with van der Waals surface area (Å²) in [6.45, 7) is 3.89. The van der Waals surface area contributed by atoms with Crippen molar-refractivity contribution in [3.63, 3.8) is 0 Å². The lowest BCUT2D eigenvalue weighted by Gasteiger charge is -2.05. The van der Waals surface area contributed by atoms with Gasteiger partial charge in [0.2, 0.25) is 0 Å². The van der Waals surface area contributed by atoms with Crippen LogP contribution in [0, 0.1) is 11.8 Å². The Morgan fingerprint density at radius 1 is 0.958 bits per heavy atom. The summed E-state index contributed by atoms with van der Waals surface area (Å²) in [5.41, 5.74) is 6.50. The van der Waals surface area contributed by atoms with Crippen molar-refractivity contribution in [2.75, 3.05) is 6.61 Å². The lowest BCUT2D eigenvalue weighted by Crippen LogP contribution is -2.10. The van der Waals surface area contributed by atoms with Crippen LogP contribution in [0.1, 0.15) is 25.0 Å². The van der Waals surface area contributed by atoms with Gasteiger partial charge in [0.15, 0.2) is 6.61 Å². The van der Waals surface area contributed by atoms with Gasteiger partial charge in [-0.1, -0.05) is 60.4 Å². The highest BCUT2D eigenvalue weighted by atomic mass is 16.5. The highest BCUT2D eigenvalue weighted by molar-refractivity contribution is 5.88. The molecular formula is C22H20O2. The Hall–Kier alpha value is -3.01. The van der Waals surface area contributed by atoms with Gasteiger partial charge in [-0.25, -0.2) is 4.79 Å². The molecule has 0 aliphatic heterocycles. The van der Waals surface area contributed by atoms with E-state index in [-0.39, 0.29) is 12.6 Å². The molecule has 0 atom stereocenters. The van der Waals surface area contributed by atoms with Gasteiger partial charge < -0.3 is 4.74 Å². The van der Waals surface area contributed by atoms with E-state index in [1.807, 2.05) is 74.5 Å². The fourth-order valence-electron chi connectivity index (χ4n) is 2.12. The molecule has 0 heterocycles. The van der Waals surface area contributed by atoms with Crippen molar-refractivity contribution in [1.82, 2.24) is 0 Å². The molecule has 0 fully saturated rings. The van der Waals surface area contributed by atoms with Gasteiger partial charge in [0.05, 0.1) is 5.57 Å². The highest BCUT2D eigenvalue weighted by Crippen LogP contribution is 2.09. The van der Waals surface area contributed by atoms with Gasteiger partial charge in [-0.05, 0) is 37.1 Å². The van der Waals surface area contributed by atoms with Crippen molar-refractivity contribution in [2.24, 2.45) is 0 Å². The first kappa shape index (κ1) is 17.3. The van der Waals surface area contributed by atoms with Crippen molar-refractivity contribution in [3.8, 4) is 11.8 Å². The van der Waals surface area contributed by atoms with Crippen LogP contribution >= 0.6 is 0 Å². The summed E-state index contributed by atoms with van der Waals surface area (Å²) in [6, 6.07) is 19.4. The minimum atomic E-state index is -0.373. The van der Waals surface area contributed by atoms with Crippen LogP contribution in [0.3, 0.4) is 0 Å². The van der Waals surface area contributed by atoms with E-state index in [2.05, 4.69) is 17.6 Å². The predicted molar refractivity (Wildman–Crippen MR) is 96.3 cm³/mol. The summed E-state index contributed by atoms with van der Waals surface area (Å²) < 4.78 is 5.27. The molecule has 2 aromatic rings. The predicted octanol–water partition coefficient (Wildman–Crippen LogP) is 4.32. The molecule has 0 saturated heterocycles. The lowest BCUT2D eigenvalue weighted by molar-refractivity contribution is -0.137. The molecule has 0 amide bonds. The Morgan fingerprint density at radius 2 is 1.58 bits per heavy atom. The first-order chi connectivity index (χ1) is 11.6. The minimum Gasteiger partial charge on any atom is -0.449 e. The van der Waals surface area contributed by atoms with Crippen LogP contribution < -0.4 is 0 Å². The van der Waals surface area contributed by atoms with E-state index in [0.29, 0.717) is 12.0 Å². The number of esters is 1. The molecule has 0 unspecified atom stereocenters. The molecule has 0 aliphatic carbocycles. The molecule has 0 saturated carbocycles. The van der Waals surface area contributed by atoms with Gasteiger partial charge in [0.25, 0.3) is 0 Å². The van der Waals surface area contributed by atoms with E-state index in [1.165, 1.54) is 0 Å². The van der Waals surface area contributed by atoms with Gasteiger partial charge in [0.1, 0.15) is 0 Å². The van der Waals surface area contributed by atoms with Gasteiger partial charge in [0, 0.05) is 12.0 Å². The lowest BCUT2D eigenvalue weighted by atomic mass is 10.1. The molecule has 2 rings (SSSR count). The summed E-state index contributed by atoms with van der Waals surface area (Å²) in [5.74, 6) is 5.46. The maximum absolute atomic E-state index is 12.3. The third-order valence-corrected chi connectivity index (χ3v) is 3.15. The highest BCUT2D eigenvalue weighted by Gasteiger charge is 2.11. The fraction of sp³-hybridized carbons (Fsp3) is 0.182. The quantitative estimate of drug-likeness (QED) is 0.363. The Labute approximate surface area is 143 Å². The molecule has 0 aromatic heterocycles. The maximum atomic E-state index is 12.3. The molecule has 120 valence electrons. The van der Waals surface area contributed by atoms with Crippen LogP contribution in [0.15, 0.2) is 77.5 Å². The van der Waals surface area contributed by atoms with Crippen LogP contribution in [-0.2, 0) is 16.0 Å². The van der Waals surface area contributed by atoms with E-state index in [0.717, 1.165) is 16.7 Å². The summed E-state index contributed by atoms with van der Waals surface area (Å²) in [6.07, 6.45) is 0.497. The first-order valence-electron chi connectivity index (χ1n) is 7.83. The number of benzene rings is 2. The summed E-state index contributed by atoms with van der Waals surface area (Å²) >= 11 is 0. The zero-order valence-corrected chi connectivity index (χ0v) is 14.0. The van der Waals surface area contributed by atoms with Gasteiger partial charge in [-0.2, -0.15) is 0 Å². The monoisotopic (exact) mass is 316 g/mol. The number of carbonyl (C=O) groups excluding carboxylic acids is 1. The van der Waals surface area contributed by atoms with Crippen molar-refractivity contribution in [2.45, 2.75) is 20.3 Å². The van der Waals surface area contributed by atoms with Crippen molar-refractivity contribution >= 4 is 5.97 Å². The van der Waals surface area contributed by atoms with Crippen molar-refractivity contribution in [1.29, 1.82) is 0 Å². The normalized spacial score (nSPS) is 9.25. The zero-order chi connectivity index (χ0) is 17.2. The standard InChI is InChI=1S/C22H20O2/c1-18(2)16-21(17-20-12-7-4-8-13-20)22(23)24-15-9-14-19-10-5-3-6-11-19/h3-8,10-13H,15,17H2,1-2H3. The third kappa shape index (κ3) is 6.01. The van der Waals surface area contributed by atoms with E-state index in [1.54, 1.807) is 0 Å². The average molecular weight is 316 g/mol. The van der Waals surface area contributed by atoms with E-state index < -0.39 is 0 Å².